The number of nitrogens with zero attached hydrogens (tertiary/aromatic N) is 3. The summed E-state index contributed by atoms with van der Waals surface area (Å²) in [5.74, 6) is -1.29. The molecule has 0 aliphatic heterocycles. The number of amides is 1. The van der Waals surface area contributed by atoms with Crippen molar-refractivity contribution in [1.29, 1.82) is 0 Å². The highest BCUT2D eigenvalue weighted by molar-refractivity contribution is 6.30. The average molecular weight is 334 g/mol. The number of carbonyl (C=O) groups is 2. The Kier molecular flexibility index (Phi) is 4.09. The third-order valence-corrected chi connectivity index (χ3v) is 4.03. The predicted octanol–water partition coefficient (Wildman–Crippen LogP) is 2.52. The van der Waals surface area contributed by atoms with Crippen LogP contribution < -0.4 is 0 Å². The van der Waals surface area contributed by atoms with Gasteiger partial charge in [-0.15, -0.1) is 0 Å². The van der Waals surface area contributed by atoms with Crippen LogP contribution in [-0.2, 0) is 4.79 Å². The molecule has 1 fully saturated rings. The number of rotatable bonds is 5. The van der Waals surface area contributed by atoms with Crippen LogP contribution in [0, 0.1) is 6.92 Å². The van der Waals surface area contributed by atoms with Crippen LogP contribution in [0.2, 0.25) is 5.02 Å². The lowest BCUT2D eigenvalue weighted by Gasteiger charge is -2.19. The van der Waals surface area contributed by atoms with Crippen molar-refractivity contribution in [2.45, 2.75) is 25.8 Å². The fourth-order valence-electron chi connectivity index (χ4n) is 2.45. The molecule has 120 valence electrons. The number of carboxylic acid groups (broad SMARTS) is 1. The van der Waals surface area contributed by atoms with E-state index in [1.165, 1.54) is 4.90 Å². The molecule has 0 radical (unpaired) electrons. The minimum absolute atomic E-state index is 0.0249. The summed E-state index contributed by atoms with van der Waals surface area (Å²) in [6.07, 6.45) is 3.34. The van der Waals surface area contributed by atoms with Crippen molar-refractivity contribution in [3.05, 3.63) is 46.7 Å². The minimum atomic E-state index is -1.01. The van der Waals surface area contributed by atoms with Crippen LogP contribution in [-0.4, -0.2) is 44.3 Å². The van der Waals surface area contributed by atoms with Gasteiger partial charge in [0.1, 0.15) is 6.54 Å². The number of carboxylic acids is 1. The van der Waals surface area contributed by atoms with Gasteiger partial charge >= 0.3 is 5.97 Å². The first kappa shape index (κ1) is 15.6. The molecular weight excluding hydrogens is 318 g/mol. The Bertz CT molecular complexity index is 750. The third-order valence-electron chi connectivity index (χ3n) is 3.77. The molecule has 0 bridgehead atoms. The van der Waals surface area contributed by atoms with E-state index in [1.807, 2.05) is 0 Å². The van der Waals surface area contributed by atoms with Gasteiger partial charge < -0.3 is 10.0 Å². The Morgan fingerprint density at radius 3 is 2.57 bits per heavy atom. The summed E-state index contributed by atoms with van der Waals surface area (Å²) >= 11 is 5.87. The maximum atomic E-state index is 12.7. The lowest BCUT2D eigenvalue weighted by Crippen LogP contribution is -2.37. The molecular formula is C16H16ClN3O3. The molecule has 1 aromatic carbocycles. The van der Waals surface area contributed by atoms with Gasteiger partial charge in [-0.3, -0.25) is 9.59 Å². The monoisotopic (exact) mass is 333 g/mol. The molecule has 0 atom stereocenters. The van der Waals surface area contributed by atoms with E-state index < -0.39 is 5.97 Å². The number of aromatic nitrogens is 2. The van der Waals surface area contributed by atoms with Gasteiger partial charge in [-0.05, 0) is 44.0 Å². The number of aryl methyl sites for hydroxylation is 1. The van der Waals surface area contributed by atoms with E-state index in [9.17, 15) is 9.59 Å². The molecule has 23 heavy (non-hydrogen) atoms. The largest absolute Gasteiger partial charge is 0.480 e. The Morgan fingerprint density at radius 1 is 1.35 bits per heavy atom. The summed E-state index contributed by atoms with van der Waals surface area (Å²) < 4.78 is 1.60. The molecule has 2 aromatic rings. The minimum Gasteiger partial charge on any atom is -0.480 e. The molecule has 1 heterocycles. The van der Waals surface area contributed by atoms with Gasteiger partial charge in [0.15, 0.2) is 0 Å². The predicted molar refractivity (Wildman–Crippen MR) is 85.0 cm³/mol. The van der Waals surface area contributed by atoms with Gasteiger partial charge in [0.25, 0.3) is 5.91 Å². The quantitative estimate of drug-likeness (QED) is 0.912. The van der Waals surface area contributed by atoms with Crippen LogP contribution in [0.4, 0.5) is 0 Å². The molecule has 0 unspecified atom stereocenters. The zero-order valence-corrected chi connectivity index (χ0v) is 13.3. The van der Waals surface area contributed by atoms with Crippen molar-refractivity contribution in [2.24, 2.45) is 0 Å². The molecule has 3 rings (SSSR count). The second kappa shape index (κ2) is 6.04. The van der Waals surface area contributed by atoms with Crippen molar-refractivity contribution in [3.8, 4) is 5.69 Å². The molecule has 1 saturated carbocycles. The summed E-state index contributed by atoms with van der Waals surface area (Å²) in [5, 5.41) is 14.0. The maximum Gasteiger partial charge on any atom is 0.323 e. The van der Waals surface area contributed by atoms with E-state index >= 15 is 0 Å². The van der Waals surface area contributed by atoms with Crippen LogP contribution in [0.15, 0.2) is 30.5 Å². The van der Waals surface area contributed by atoms with E-state index in [4.69, 9.17) is 16.7 Å². The number of carbonyl (C=O) groups excluding carboxylic acids is 1. The van der Waals surface area contributed by atoms with Crippen molar-refractivity contribution < 1.29 is 14.7 Å². The van der Waals surface area contributed by atoms with Crippen LogP contribution in [0.1, 0.15) is 28.9 Å². The summed E-state index contributed by atoms with van der Waals surface area (Å²) in [6.45, 7) is 1.46. The van der Waals surface area contributed by atoms with Crippen LogP contribution in [0.3, 0.4) is 0 Å². The van der Waals surface area contributed by atoms with Crippen molar-refractivity contribution in [3.63, 3.8) is 0 Å². The van der Waals surface area contributed by atoms with E-state index in [1.54, 1.807) is 42.1 Å². The highest BCUT2D eigenvalue weighted by Crippen LogP contribution is 2.28. The van der Waals surface area contributed by atoms with Crippen LogP contribution in [0.5, 0.6) is 0 Å². The lowest BCUT2D eigenvalue weighted by molar-refractivity contribution is -0.137. The SMILES string of the molecule is Cc1nn(-c2ccc(Cl)cc2)cc1C(=O)N(CC(=O)O)C1CC1. The number of benzene rings is 1. The molecule has 1 aliphatic carbocycles. The Morgan fingerprint density at radius 2 is 2.00 bits per heavy atom. The van der Waals surface area contributed by atoms with Gasteiger partial charge in [0.05, 0.1) is 16.9 Å². The van der Waals surface area contributed by atoms with Gasteiger partial charge in [-0.25, -0.2) is 4.68 Å². The highest BCUT2D eigenvalue weighted by Gasteiger charge is 2.35. The summed E-state index contributed by atoms with van der Waals surface area (Å²) in [4.78, 5) is 25.1. The summed E-state index contributed by atoms with van der Waals surface area (Å²) in [7, 11) is 0. The number of halogens is 1. The normalized spacial score (nSPS) is 13.8. The molecule has 0 spiro atoms. The van der Waals surface area contributed by atoms with Gasteiger partial charge in [-0.2, -0.15) is 5.10 Å². The van der Waals surface area contributed by atoms with Crippen molar-refractivity contribution in [1.82, 2.24) is 14.7 Å². The standard InChI is InChI=1S/C16H16ClN3O3/c1-10-14(16(23)19(9-15(21)22)12-6-7-12)8-20(18-10)13-4-2-11(17)3-5-13/h2-5,8,12H,6-7,9H2,1H3,(H,21,22). The van der Waals surface area contributed by atoms with Crippen molar-refractivity contribution >= 4 is 23.5 Å². The number of hydrogen-bond donors (Lipinski definition) is 1. The maximum absolute atomic E-state index is 12.7. The fourth-order valence-corrected chi connectivity index (χ4v) is 2.58. The Hall–Kier alpha value is -2.34. The fraction of sp³-hybridized carbons (Fsp3) is 0.312. The third kappa shape index (κ3) is 3.37. The molecule has 1 aliphatic rings. The zero-order chi connectivity index (χ0) is 16.6. The smallest absolute Gasteiger partial charge is 0.323 e. The first-order valence-corrected chi connectivity index (χ1v) is 7.68. The molecule has 7 heteroatoms. The lowest BCUT2D eigenvalue weighted by atomic mass is 10.2. The molecule has 6 nitrogen and oxygen atoms in total. The van der Waals surface area contributed by atoms with Crippen LogP contribution >= 0.6 is 11.6 Å². The number of aliphatic carboxylic acids is 1. The highest BCUT2D eigenvalue weighted by atomic mass is 35.5. The molecule has 1 aromatic heterocycles. The van der Waals surface area contributed by atoms with E-state index in [0.29, 0.717) is 16.3 Å². The second-order valence-electron chi connectivity index (χ2n) is 5.61. The topological polar surface area (TPSA) is 75.4 Å². The van der Waals surface area contributed by atoms with Gasteiger partial charge in [-0.1, -0.05) is 11.6 Å². The first-order valence-electron chi connectivity index (χ1n) is 7.30. The molecule has 1 N–H and O–H groups in total. The van der Waals surface area contributed by atoms with Crippen molar-refractivity contribution in [2.75, 3.05) is 6.54 Å². The number of hydrogen-bond acceptors (Lipinski definition) is 3. The first-order chi connectivity index (χ1) is 11.0. The van der Waals surface area contributed by atoms with Gasteiger partial charge in [0.2, 0.25) is 0 Å². The van der Waals surface area contributed by atoms with E-state index in [-0.39, 0.29) is 18.5 Å². The summed E-state index contributed by atoms with van der Waals surface area (Å²) in [6, 6.07) is 7.13. The van der Waals surface area contributed by atoms with Crippen LogP contribution in [0.25, 0.3) is 5.69 Å². The molecule has 1 amide bonds. The summed E-state index contributed by atoms with van der Waals surface area (Å²) in [5.41, 5.74) is 1.78. The Balaban J connectivity index is 1.89. The van der Waals surface area contributed by atoms with E-state index in [2.05, 4.69) is 5.10 Å². The van der Waals surface area contributed by atoms with Gasteiger partial charge in [0, 0.05) is 17.3 Å². The molecule has 0 saturated heterocycles. The van der Waals surface area contributed by atoms with E-state index in [0.717, 1.165) is 18.5 Å². The average Bonchev–Trinajstić information content (AvgIpc) is 3.27. The zero-order valence-electron chi connectivity index (χ0n) is 12.6. The second-order valence-corrected chi connectivity index (χ2v) is 6.04. The Labute approximate surface area is 138 Å².